The molecule has 41 heavy (non-hydrogen) atoms. The molecule has 0 aromatic heterocycles. The van der Waals surface area contributed by atoms with E-state index in [2.05, 4.69) is 9.68 Å². The van der Waals surface area contributed by atoms with Crippen molar-refractivity contribution in [3.8, 4) is 5.75 Å². The molecule has 0 saturated heterocycles. The topological polar surface area (TPSA) is 174 Å². The lowest BCUT2D eigenvalue weighted by Gasteiger charge is -2.14. The first-order chi connectivity index (χ1) is 19.4. The van der Waals surface area contributed by atoms with E-state index < -0.39 is 22.9 Å². The number of carbonyl (C=O) groups excluding carboxylic acids is 2. The summed E-state index contributed by atoms with van der Waals surface area (Å²) in [7, 11) is 0. The predicted molar refractivity (Wildman–Crippen MR) is 153 cm³/mol. The van der Waals surface area contributed by atoms with E-state index in [4.69, 9.17) is 22.7 Å². The molecule has 0 saturated carbocycles. The van der Waals surface area contributed by atoms with Crippen LogP contribution < -0.4 is 10.5 Å². The van der Waals surface area contributed by atoms with Crippen molar-refractivity contribution in [1.82, 2.24) is 0 Å². The van der Waals surface area contributed by atoms with Gasteiger partial charge in [0.1, 0.15) is 23.4 Å². The Labute approximate surface area is 241 Å². The summed E-state index contributed by atoms with van der Waals surface area (Å²) in [6.07, 6.45) is -1.06. The van der Waals surface area contributed by atoms with Crippen molar-refractivity contribution in [3.05, 3.63) is 121 Å². The fourth-order valence-corrected chi connectivity index (χ4v) is 3.58. The van der Waals surface area contributed by atoms with Crippen molar-refractivity contribution in [3.63, 3.8) is 0 Å². The number of ether oxygens (including phenoxy) is 1. The van der Waals surface area contributed by atoms with Gasteiger partial charge in [-0.25, -0.2) is 4.79 Å². The van der Waals surface area contributed by atoms with E-state index in [0.717, 1.165) is 11.1 Å². The van der Waals surface area contributed by atoms with E-state index in [1.807, 2.05) is 19.1 Å². The fourth-order valence-electron chi connectivity index (χ4n) is 3.44. The molecule has 3 aromatic carbocycles. The average molecular weight is 584 g/mol. The van der Waals surface area contributed by atoms with Gasteiger partial charge in [-0.15, -0.1) is 20.2 Å². The van der Waals surface area contributed by atoms with E-state index in [9.17, 15) is 29.8 Å². The third-order valence-corrected chi connectivity index (χ3v) is 5.78. The molecule has 0 aliphatic heterocycles. The molecule has 1 unspecified atom stereocenters. The Kier molecular flexibility index (Phi) is 12.3. The minimum atomic E-state index is -1.10. The summed E-state index contributed by atoms with van der Waals surface area (Å²) >= 11 is 4.86. The van der Waals surface area contributed by atoms with Crippen molar-refractivity contribution in [2.24, 2.45) is 11.7 Å². The van der Waals surface area contributed by atoms with E-state index in [1.54, 1.807) is 74.5 Å². The third kappa shape index (κ3) is 11.0. The van der Waals surface area contributed by atoms with Crippen LogP contribution in [0.1, 0.15) is 51.3 Å². The van der Waals surface area contributed by atoms with Gasteiger partial charge in [-0.2, -0.15) is 0 Å². The molecule has 3 rings (SSSR count). The van der Waals surface area contributed by atoms with Crippen molar-refractivity contribution < 1.29 is 34.2 Å². The standard InChI is InChI=1S/C15H13NO2S.C13H16N2O7/c1-10-4-2-3-5-13(10)15(17)18-12-8-6-11(7-9-12)14(16)19;1-9(2)13(16)11-5-3-10(4-6-11)7-12(22-15(19)20)8-21-14(17)18/h2-9H,1H3,(H2,16,19);3-6,9,12H,7-8H2,1-2H3. The van der Waals surface area contributed by atoms with Crippen molar-refractivity contribution in [2.45, 2.75) is 33.3 Å². The Balaban J connectivity index is 0.000000289. The van der Waals surface area contributed by atoms with E-state index in [-0.39, 0.29) is 24.1 Å². The summed E-state index contributed by atoms with van der Waals surface area (Å²) in [6.45, 7) is 4.88. The van der Waals surface area contributed by atoms with Gasteiger partial charge in [-0.3, -0.25) is 4.79 Å². The number of Topliss-reactive ketones (excluding diaryl/α,β-unsaturated/α-hetero) is 1. The zero-order valence-electron chi connectivity index (χ0n) is 22.6. The van der Waals surface area contributed by atoms with Gasteiger partial charge in [-0.1, -0.05) is 68.5 Å². The van der Waals surface area contributed by atoms with Gasteiger partial charge >= 0.3 is 5.97 Å². The van der Waals surface area contributed by atoms with Crippen LogP contribution in [0.25, 0.3) is 0 Å². The largest absolute Gasteiger partial charge is 0.423 e. The number of aryl methyl sites for hydroxylation is 1. The zero-order chi connectivity index (χ0) is 30.5. The second kappa shape index (κ2) is 15.6. The SMILES string of the molecule is CC(C)C(=O)c1ccc(CC(CO[N+](=O)[O-])O[N+](=O)[O-])cc1.Cc1ccccc1C(=O)Oc1ccc(C(N)=S)cc1. The molecule has 0 spiro atoms. The molecule has 0 radical (unpaired) electrons. The average Bonchev–Trinajstić information content (AvgIpc) is 2.92. The Morgan fingerprint density at radius 3 is 2.00 bits per heavy atom. The summed E-state index contributed by atoms with van der Waals surface area (Å²) in [6, 6.07) is 20.5. The first-order valence-corrected chi connectivity index (χ1v) is 12.7. The number of rotatable bonds is 12. The monoisotopic (exact) mass is 583 g/mol. The van der Waals surface area contributed by atoms with Crippen LogP contribution in [-0.2, 0) is 16.1 Å². The van der Waals surface area contributed by atoms with Gasteiger partial charge in [0, 0.05) is 23.5 Å². The molecule has 12 nitrogen and oxygen atoms in total. The van der Waals surface area contributed by atoms with Crippen LogP contribution in [0.4, 0.5) is 0 Å². The highest BCUT2D eigenvalue weighted by atomic mass is 32.1. The molecule has 1 atom stereocenters. The van der Waals surface area contributed by atoms with Crippen LogP contribution in [0.2, 0.25) is 0 Å². The number of hydrogen-bond donors (Lipinski definition) is 1. The van der Waals surface area contributed by atoms with Crippen LogP contribution in [0.3, 0.4) is 0 Å². The van der Waals surface area contributed by atoms with Gasteiger partial charge < -0.3 is 20.1 Å². The Morgan fingerprint density at radius 2 is 1.49 bits per heavy atom. The maximum Gasteiger partial charge on any atom is 0.343 e. The highest BCUT2D eigenvalue weighted by Gasteiger charge is 2.17. The summed E-state index contributed by atoms with van der Waals surface area (Å²) < 4.78 is 5.29. The van der Waals surface area contributed by atoms with Crippen LogP contribution in [-0.4, -0.2) is 39.6 Å². The van der Waals surface area contributed by atoms with E-state index >= 15 is 0 Å². The zero-order valence-corrected chi connectivity index (χ0v) is 23.4. The number of thiocarbonyl (C=S) groups is 1. The number of benzene rings is 3. The summed E-state index contributed by atoms with van der Waals surface area (Å²) in [5.41, 5.74) is 8.85. The van der Waals surface area contributed by atoms with Crippen molar-refractivity contribution in [1.29, 1.82) is 0 Å². The van der Waals surface area contributed by atoms with E-state index in [0.29, 0.717) is 27.4 Å². The third-order valence-electron chi connectivity index (χ3n) is 5.54. The predicted octanol–water partition coefficient (Wildman–Crippen LogP) is 4.70. The first kappa shape index (κ1) is 32.3. The molecule has 0 heterocycles. The molecule has 0 aliphatic carbocycles. The molecule has 2 N–H and O–H groups in total. The number of ketones is 1. The second-order valence-corrected chi connectivity index (χ2v) is 9.42. The minimum Gasteiger partial charge on any atom is -0.423 e. The van der Waals surface area contributed by atoms with Crippen molar-refractivity contribution >= 4 is 29.0 Å². The highest BCUT2D eigenvalue weighted by molar-refractivity contribution is 7.80. The van der Waals surface area contributed by atoms with Gasteiger partial charge in [-0.05, 0) is 48.4 Å². The van der Waals surface area contributed by atoms with Gasteiger partial charge in [0.25, 0.3) is 10.2 Å². The molecular weight excluding hydrogens is 554 g/mol. The Morgan fingerprint density at radius 1 is 0.902 bits per heavy atom. The fraction of sp³-hybridized carbons (Fsp3) is 0.250. The van der Waals surface area contributed by atoms with Crippen LogP contribution in [0.15, 0.2) is 72.8 Å². The highest BCUT2D eigenvalue weighted by Crippen LogP contribution is 2.16. The maximum atomic E-state index is 12.0. The molecule has 3 aromatic rings. The molecule has 216 valence electrons. The molecule has 0 aliphatic rings. The quantitative estimate of drug-likeness (QED) is 0.0781. The van der Waals surface area contributed by atoms with Crippen LogP contribution in [0, 0.1) is 33.1 Å². The smallest absolute Gasteiger partial charge is 0.343 e. The number of carbonyl (C=O) groups is 2. The number of nitrogens with zero attached hydrogens (tertiary/aromatic N) is 2. The van der Waals surface area contributed by atoms with Crippen LogP contribution in [0.5, 0.6) is 5.75 Å². The molecular formula is C28H29N3O9S. The summed E-state index contributed by atoms with van der Waals surface area (Å²) in [4.78, 5) is 53.1. The van der Waals surface area contributed by atoms with Gasteiger partial charge in [0.2, 0.25) is 0 Å². The molecule has 13 heteroatoms. The van der Waals surface area contributed by atoms with Crippen molar-refractivity contribution in [2.75, 3.05) is 6.61 Å². The lowest BCUT2D eigenvalue weighted by Crippen LogP contribution is -2.26. The number of esters is 1. The summed E-state index contributed by atoms with van der Waals surface area (Å²) in [5.74, 6) is -0.0549. The molecule has 0 amide bonds. The first-order valence-electron chi connectivity index (χ1n) is 12.3. The van der Waals surface area contributed by atoms with Gasteiger partial charge in [0.15, 0.2) is 5.78 Å². The Bertz CT molecular complexity index is 1380. The van der Waals surface area contributed by atoms with Gasteiger partial charge in [0.05, 0.1) is 5.56 Å². The number of hydrogen-bond acceptors (Lipinski definition) is 10. The maximum absolute atomic E-state index is 12.0. The normalized spacial score (nSPS) is 10.9. The second-order valence-electron chi connectivity index (χ2n) is 8.98. The van der Waals surface area contributed by atoms with E-state index in [1.165, 1.54) is 0 Å². The number of nitrogens with two attached hydrogens (primary N) is 1. The molecule has 0 fully saturated rings. The lowest BCUT2D eigenvalue weighted by atomic mass is 9.99. The summed E-state index contributed by atoms with van der Waals surface area (Å²) in [5, 5.41) is 18.5. The molecule has 0 bridgehead atoms. The van der Waals surface area contributed by atoms with Crippen LogP contribution >= 0.6 is 12.2 Å². The lowest BCUT2D eigenvalue weighted by molar-refractivity contribution is -0.789. The Hall–Kier alpha value is -4.91. The minimum absolute atomic E-state index is 0.0127.